The van der Waals surface area contributed by atoms with Crippen LogP contribution < -0.4 is 0 Å². The molecule has 0 radical (unpaired) electrons. The number of amides is 1. The van der Waals surface area contributed by atoms with E-state index in [2.05, 4.69) is 35.8 Å². The van der Waals surface area contributed by atoms with Gasteiger partial charge in [0, 0.05) is 48.8 Å². The van der Waals surface area contributed by atoms with Crippen LogP contribution in [-0.4, -0.2) is 52.4 Å². The van der Waals surface area contributed by atoms with Gasteiger partial charge in [-0.05, 0) is 19.1 Å². The Labute approximate surface area is 167 Å². The van der Waals surface area contributed by atoms with E-state index in [1.54, 1.807) is 0 Å². The third-order valence-corrected chi connectivity index (χ3v) is 6.56. The molecule has 0 bridgehead atoms. The van der Waals surface area contributed by atoms with E-state index >= 15 is 0 Å². The number of piperidine rings is 1. The summed E-state index contributed by atoms with van der Waals surface area (Å²) in [6.45, 7) is 5.57. The number of ether oxygens (including phenoxy) is 2. The Morgan fingerprint density at radius 2 is 1.96 bits per heavy atom. The Morgan fingerprint density at radius 1 is 1.21 bits per heavy atom. The van der Waals surface area contributed by atoms with Crippen LogP contribution in [-0.2, 0) is 16.0 Å². The molecule has 0 aliphatic carbocycles. The maximum atomic E-state index is 13.0. The minimum absolute atomic E-state index is 0.00509. The lowest BCUT2D eigenvalue weighted by atomic mass is 10.0. The van der Waals surface area contributed by atoms with E-state index in [1.165, 1.54) is 22.2 Å². The highest BCUT2D eigenvalue weighted by molar-refractivity contribution is 7.13. The number of aromatic nitrogens is 2. The minimum Gasteiger partial charge on any atom is -0.347 e. The summed E-state index contributed by atoms with van der Waals surface area (Å²) in [5.74, 6) is -0.471. The van der Waals surface area contributed by atoms with Gasteiger partial charge in [0.2, 0.25) is 0 Å². The summed E-state index contributed by atoms with van der Waals surface area (Å²) in [6.07, 6.45) is 1.44. The number of para-hydroxylation sites is 1. The van der Waals surface area contributed by atoms with Crippen molar-refractivity contribution in [2.24, 2.45) is 0 Å². The van der Waals surface area contributed by atoms with Gasteiger partial charge in [-0.25, -0.2) is 4.98 Å². The topological polar surface area (TPSA) is 56.6 Å². The Kier molecular flexibility index (Phi) is 4.45. The summed E-state index contributed by atoms with van der Waals surface area (Å²) in [5, 5.41) is 3.96. The van der Waals surface area contributed by atoms with E-state index in [9.17, 15) is 4.79 Å². The van der Waals surface area contributed by atoms with Crippen molar-refractivity contribution in [3.8, 4) is 10.7 Å². The monoisotopic (exact) mass is 397 g/mol. The molecule has 3 aromatic rings. The number of nitrogens with zero attached hydrogens (tertiary/aromatic N) is 3. The van der Waals surface area contributed by atoms with Gasteiger partial charge in [0.25, 0.3) is 5.91 Å². The van der Waals surface area contributed by atoms with E-state index in [4.69, 9.17) is 14.5 Å². The lowest BCUT2D eigenvalue weighted by molar-refractivity contribution is -0.181. The van der Waals surface area contributed by atoms with Gasteiger partial charge in [-0.1, -0.05) is 18.2 Å². The van der Waals surface area contributed by atoms with E-state index in [-0.39, 0.29) is 5.91 Å². The average Bonchev–Trinajstić information content (AvgIpc) is 3.46. The molecule has 0 atom stereocenters. The summed E-state index contributed by atoms with van der Waals surface area (Å²) in [4.78, 5) is 19.5. The molecular formula is C21H23N3O3S. The normalized spacial score (nSPS) is 19.0. The highest BCUT2D eigenvalue weighted by atomic mass is 32.1. The summed E-state index contributed by atoms with van der Waals surface area (Å²) in [7, 11) is 0. The van der Waals surface area contributed by atoms with Crippen molar-refractivity contribution in [3.05, 3.63) is 41.4 Å². The second kappa shape index (κ2) is 6.99. The van der Waals surface area contributed by atoms with Gasteiger partial charge in [0.05, 0.1) is 18.9 Å². The van der Waals surface area contributed by atoms with E-state index in [1.807, 2.05) is 16.3 Å². The molecule has 4 heterocycles. The number of carbonyl (C=O) groups is 1. The van der Waals surface area contributed by atoms with Gasteiger partial charge in [0.15, 0.2) is 5.79 Å². The lowest BCUT2D eigenvalue weighted by Crippen LogP contribution is -2.47. The Morgan fingerprint density at radius 3 is 2.71 bits per heavy atom. The first-order valence-electron chi connectivity index (χ1n) is 9.80. The molecule has 146 valence electrons. The Balaban J connectivity index is 1.37. The predicted molar refractivity (Wildman–Crippen MR) is 108 cm³/mol. The molecule has 1 spiro atoms. The third-order valence-electron chi connectivity index (χ3n) is 5.70. The summed E-state index contributed by atoms with van der Waals surface area (Å²) >= 11 is 1.53. The zero-order valence-electron chi connectivity index (χ0n) is 15.9. The molecule has 28 heavy (non-hydrogen) atoms. The zero-order chi connectivity index (χ0) is 19.1. The molecule has 2 aromatic heterocycles. The average molecular weight is 398 g/mol. The van der Waals surface area contributed by atoms with E-state index in [0.29, 0.717) is 32.0 Å². The van der Waals surface area contributed by atoms with Crippen molar-refractivity contribution in [2.45, 2.75) is 32.1 Å². The number of likely N-dealkylation sites (tertiary alicyclic amines) is 1. The fraction of sp³-hybridized carbons (Fsp3) is 0.429. The highest BCUT2D eigenvalue weighted by Crippen LogP contribution is 2.33. The minimum atomic E-state index is -0.466. The number of aryl methyl sites for hydroxylation is 1. The van der Waals surface area contributed by atoms with Crippen molar-refractivity contribution in [1.29, 1.82) is 0 Å². The number of carbonyl (C=O) groups excluding carboxylic acids is 1. The second-order valence-corrected chi connectivity index (χ2v) is 8.13. The van der Waals surface area contributed by atoms with Crippen LogP contribution >= 0.6 is 11.3 Å². The largest absolute Gasteiger partial charge is 0.347 e. The molecule has 2 fully saturated rings. The van der Waals surface area contributed by atoms with E-state index < -0.39 is 5.79 Å². The van der Waals surface area contributed by atoms with Crippen LogP contribution in [0.2, 0.25) is 0 Å². The van der Waals surface area contributed by atoms with Crippen LogP contribution in [0.15, 0.2) is 35.7 Å². The molecule has 2 aliphatic heterocycles. The molecule has 0 unspecified atom stereocenters. The van der Waals surface area contributed by atoms with Gasteiger partial charge in [-0.3, -0.25) is 4.79 Å². The van der Waals surface area contributed by atoms with Crippen LogP contribution in [0.4, 0.5) is 0 Å². The van der Waals surface area contributed by atoms with Crippen molar-refractivity contribution >= 4 is 28.1 Å². The van der Waals surface area contributed by atoms with Crippen LogP contribution in [0.5, 0.6) is 0 Å². The molecular weight excluding hydrogens is 374 g/mol. The molecule has 0 N–H and O–H groups in total. The summed E-state index contributed by atoms with van der Waals surface area (Å²) in [6, 6.07) is 10.5. The first-order chi connectivity index (χ1) is 13.7. The van der Waals surface area contributed by atoms with E-state index in [0.717, 1.165) is 30.1 Å². The van der Waals surface area contributed by atoms with Crippen molar-refractivity contribution in [1.82, 2.24) is 14.5 Å². The molecule has 2 aliphatic rings. The summed E-state index contributed by atoms with van der Waals surface area (Å²) in [5.41, 5.74) is 2.79. The number of benzene rings is 1. The molecule has 0 saturated carbocycles. The molecule has 2 saturated heterocycles. The van der Waals surface area contributed by atoms with Crippen LogP contribution in [0.3, 0.4) is 0 Å². The van der Waals surface area contributed by atoms with Gasteiger partial charge in [-0.15, -0.1) is 11.3 Å². The fourth-order valence-electron chi connectivity index (χ4n) is 4.22. The maximum absolute atomic E-state index is 13.0. The lowest BCUT2D eigenvalue weighted by Gasteiger charge is -2.37. The Hall–Kier alpha value is -2.22. The first-order valence-corrected chi connectivity index (χ1v) is 10.7. The third kappa shape index (κ3) is 2.94. The zero-order valence-corrected chi connectivity index (χ0v) is 16.7. The van der Waals surface area contributed by atoms with Gasteiger partial charge in [0.1, 0.15) is 10.7 Å². The van der Waals surface area contributed by atoms with Gasteiger partial charge >= 0.3 is 0 Å². The predicted octanol–water partition coefficient (Wildman–Crippen LogP) is 3.76. The standard InChI is InChI=1S/C21H23N3O3S/c1-2-24-17-6-4-3-5-15(17)13-18(24)19-22-16(14-28-19)20(25)23-9-7-21(8-10-23)26-11-12-27-21/h3-6,13-14H,2,7-12H2,1H3. The van der Waals surface area contributed by atoms with Gasteiger partial charge in [-0.2, -0.15) is 0 Å². The van der Waals surface area contributed by atoms with Crippen LogP contribution in [0, 0.1) is 0 Å². The number of fused-ring (bicyclic) bond motifs is 1. The van der Waals surface area contributed by atoms with Crippen LogP contribution in [0.25, 0.3) is 21.6 Å². The second-order valence-electron chi connectivity index (χ2n) is 7.27. The molecule has 7 heteroatoms. The fourth-order valence-corrected chi connectivity index (χ4v) is 5.03. The molecule has 5 rings (SSSR count). The summed E-state index contributed by atoms with van der Waals surface area (Å²) < 4.78 is 13.8. The van der Waals surface area contributed by atoms with Crippen LogP contribution in [0.1, 0.15) is 30.3 Å². The molecule has 1 amide bonds. The van der Waals surface area contributed by atoms with Crippen molar-refractivity contribution in [3.63, 3.8) is 0 Å². The molecule has 1 aromatic carbocycles. The quantitative estimate of drug-likeness (QED) is 0.675. The molecule has 6 nitrogen and oxygen atoms in total. The van der Waals surface area contributed by atoms with Gasteiger partial charge < -0.3 is 18.9 Å². The highest BCUT2D eigenvalue weighted by Gasteiger charge is 2.41. The maximum Gasteiger partial charge on any atom is 0.273 e. The number of hydrogen-bond acceptors (Lipinski definition) is 5. The smallest absolute Gasteiger partial charge is 0.273 e. The SMILES string of the molecule is CCn1c(-c2nc(C(=O)N3CCC4(CC3)OCCO4)cs2)cc2ccccc21. The number of hydrogen-bond donors (Lipinski definition) is 0. The number of thiazole rings is 1. The Bertz CT molecular complexity index is 1010. The number of rotatable bonds is 3. The van der Waals surface area contributed by atoms with Crippen molar-refractivity contribution < 1.29 is 14.3 Å². The first kappa shape index (κ1) is 17.8. The van der Waals surface area contributed by atoms with Crippen molar-refractivity contribution in [2.75, 3.05) is 26.3 Å².